The summed E-state index contributed by atoms with van der Waals surface area (Å²) in [6, 6.07) is 0. The highest BCUT2D eigenvalue weighted by molar-refractivity contribution is 7.47. The van der Waals surface area contributed by atoms with Crippen molar-refractivity contribution in [3.8, 4) is 0 Å². The van der Waals surface area contributed by atoms with Crippen LogP contribution in [0.3, 0.4) is 0 Å². The average molecular weight is 540 g/mol. The molecular formula is C20H33N2O13P. The third-order valence-electron chi connectivity index (χ3n) is 5.91. The van der Waals surface area contributed by atoms with Crippen LogP contribution in [0.1, 0.15) is 38.0 Å². The van der Waals surface area contributed by atoms with Crippen LogP contribution in [0.5, 0.6) is 0 Å². The predicted octanol–water partition coefficient (Wildman–Crippen LogP) is -1.75. The van der Waals surface area contributed by atoms with Gasteiger partial charge >= 0.3 is 13.5 Å². The third-order valence-corrected chi connectivity index (χ3v) is 6.86. The monoisotopic (exact) mass is 540 g/mol. The van der Waals surface area contributed by atoms with E-state index < -0.39 is 81.4 Å². The highest BCUT2D eigenvalue weighted by Crippen LogP contribution is 2.45. The van der Waals surface area contributed by atoms with Crippen molar-refractivity contribution in [2.75, 3.05) is 19.8 Å². The summed E-state index contributed by atoms with van der Waals surface area (Å²) in [7, 11) is -4.74. The van der Waals surface area contributed by atoms with Crippen molar-refractivity contribution >= 4 is 7.82 Å². The molecular weight excluding hydrogens is 507 g/mol. The number of phosphoric acid groups is 1. The lowest BCUT2D eigenvalue weighted by Gasteiger charge is -2.40. The Hall–Kier alpha value is -1.49. The molecule has 206 valence electrons. The number of hydrogen-bond donors (Lipinski definition) is 6. The first-order valence-corrected chi connectivity index (χ1v) is 13.0. The normalized spacial score (nSPS) is 34.5. The van der Waals surface area contributed by atoms with Crippen LogP contribution in [0.2, 0.25) is 0 Å². The summed E-state index contributed by atoms with van der Waals surface area (Å²) in [5.74, 6) is 0. The standard InChI is InChI=1S/C20H33N2O13P/c1-3-4-5-31-19-17(26)16(25)15(24)13(35-19)9-33-36(29,30)32-8-12-11(23)6-14(34-12)22-7-10(2)18(27)21-20(22)28/h7,11-17,19,23-26H,3-6,8-9H2,1-2H3,(H,29,30)(H,21,27,28)/t11-,12+,13+,14+,15+,16-,17+,19+/m0/s1. The zero-order valence-corrected chi connectivity index (χ0v) is 20.7. The molecule has 2 aliphatic rings. The maximum Gasteiger partial charge on any atom is 0.472 e. The zero-order valence-electron chi connectivity index (χ0n) is 19.8. The van der Waals surface area contributed by atoms with E-state index >= 15 is 0 Å². The number of H-pyrrole nitrogens is 1. The van der Waals surface area contributed by atoms with Gasteiger partial charge in [-0.15, -0.1) is 0 Å². The minimum atomic E-state index is -4.74. The van der Waals surface area contributed by atoms with E-state index in [0.29, 0.717) is 6.42 Å². The van der Waals surface area contributed by atoms with Crippen molar-refractivity contribution in [3.63, 3.8) is 0 Å². The molecule has 0 aromatic carbocycles. The number of aliphatic hydroxyl groups excluding tert-OH is 4. The van der Waals surface area contributed by atoms with Gasteiger partial charge in [0.1, 0.15) is 36.7 Å². The minimum absolute atomic E-state index is 0.0439. The molecule has 0 bridgehead atoms. The quantitative estimate of drug-likeness (QED) is 0.136. The van der Waals surface area contributed by atoms with E-state index in [-0.39, 0.29) is 18.6 Å². The fourth-order valence-corrected chi connectivity index (χ4v) is 4.49. The first kappa shape index (κ1) is 29.1. The molecule has 3 rings (SSSR count). The Morgan fingerprint density at radius 1 is 1.08 bits per heavy atom. The van der Waals surface area contributed by atoms with Gasteiger partial charge in [-0.05, 0) is 13.3 Å². The van der Waals surface area contributed by atoms with Crippen LogP contribution in [0.15, 0.2) is 15.8 Å². The number of aromatic amines is 1. The van der Waals surface area contributed by atoms with Gasteiger partial charge in [0, 0.05) is 24.8 Å². The average Bonchev–Trinajstić information content (AvgIpc) is 3.19. The van der Waals surface area contributed by atoms with Gasteiger partial charge in [-0.1, -0.05) is 13.3 Å². The molecule has 15 nitrogen and oxygen atoms in total. The van der Waals surface area contributed by atoms with Gasteiger partial charge < -0.3 is 39.5 Å². The second-order valence-corrected chi connectivity index (χ2v) is 10.2. The number of hydrogen-bond acceptors (Lipinski definition) is 12. The maximum absolute atomic E-state index is 12.4. The Morgan fingerprint density at radius 3 is 2.42 bits per heavy atom. The number of nitrogens with one attached hydrogen (secondary N) is 1. The van der Waals surface area contributed by atoms with Crippen molar-refractivity contribution in [2.45, 2.75) is 82.3 Å². The highest BCUT2D eigenvalue weighted by atomic mass is 31.2. The van der Waals surface area contributed by atoms with Gasteiger partial charge in [0.2, 0.25) is 0 Å². The number of aryl methyl sites for hydroxylation is 1. The molecule has 0 aliphatic carbocycles. The zero-order chi connectivity index (χ0) is 26.6. The largest absolute Gasteiger partial charge is 0.472 e. The van der Waals surface area contributed by atoms with E-state index in [1.165, 1.54) is 13.1 Å². The van der Waals surface area contributed by atoms with Crippen LogP contribution in [0.4, 0.5) is 0 Å². The van der Waals surface area contributed by atoms with Crippen LogP contribution < -0.4 is 11.2 Å². The molecule has 6 N–H and O–H groups in total. The van der Waals surface area contributed by atoms with Gasteiger partial charge in [0.15, 0.2) is 6.29 Å². The highest BCUT2D eigenvalue weighted by Gasteiger charge is 2.45. The van der Waals surface area contributed by atoms with Gasteiger partial charge in [-0.25, -0.2) is 9.36 Å². The molecule has 1 aromatic heterocycles. The molecule has 2 aliphatic heterocycles. The number of unbranched alkanes of at least 4 members (excludes halogenated alkanes) is 1. The van der Waals surface area contributed by atoms with E-state index in [9.17, 15) is 39.5 Å². The van der Waals surface area contributed by atoms with Crippen LogP contribution in [-0.4, -0.2) is 97.6 Å². The molecule has 2 fully saturated rings. The first-order valence-electron chi connectivity index (χ1n) is 11.5. The molecule has 0 radical (unpaired) electrons. The number of rotatable bonds is 11. The first-order chi connectivity index (χ1) is 16.9. The summed E-state index contributed by atoms with van der Waals surface area (Å²) in [5.41, 5.74) is -1.04. The molecule has 36 heavy (non-hydrogen) atoms. The van der Waals surface area contributed by atoms with Crippen molar-refractivity contribution in [2.24, 2.45) is 0 Å². The predicted molar refractivity (Wildman–Crippen MR) is 120 cm³/mol. The topological polar surface area (TPSA) is 219 Å². The Balaban J connectivity index is 1.53. The van der Waals surface area contributed by atoms with Crippen molar-refractivity contribution in [1.82, 2.24) is 9.55 Å². The van der Waals surface area contributed by atoms with Gasteiger partial charge in [0.25, 0.3) is 5.56 Å². The maximum atomic E-state index is 12.4. The van der Waals surface area contributed by atoms with E-state index in [0.717, 1.165) is 11.0 Å². The Bertz CT molecular complexity index is 1030. The van der Waals surface area contributed by atoms with E-state index in [4.69, 9.17) is 23.3 Å². The second-order valence-electron chi connectivity index (χ2n) is 8.71. The molecule has 0 amide bonds. The fourth-order valence-electron chi connectivity index (χ4n) is 3.74. The number of aromatic nitrogens is 2. The van der Waals surface area contributed by atoms with Crippen LogP contribution >= 0.6 is 7.82 Å². The lowest BCUT2D eigenvalue weighted by atomic mass is 9.99. The number of ether oxygens (including phenoxy) is 3. The smallest absolute Gasteiger partial charge is 0.390 e. The summed E-state index contributed by atoms with van der Waals surface area (Å²) in [5, 5.41) is 40.5. The summed E-state index contributed by atoms with van der Waals surface area (Å²) < 4.78 is 39.5. The number of aliphatic hydroxyl groups is 4. The molecule has 1 unspecified atom stereocenters. The van der Waals surface area contributed by atoms with Crippen LogP contribution in [0, 0.1) is 6.92 Å². The van der Waals surface area contributed by atoms with Gasteiger partial charge in [0.05, 0.1) is 19.3 Å². The number of nitrogens with zero attached hydrogens (tertiary/aromatic N) is 1. The van der Waals surface area contributed by atoms with Gasteiger partial charge in [-0.3, -0.25) is 23.4 Å². The molecule has 9 atom stereocenters. The lowest BCUT2D eigenvalue weighted by Crippen LogP contribution is -2.59. The molecule has 0 saturated carbocycles. The minimum Gasteiger partial charge on any atom is -0.390 e. The molecule has 3 heterocycles. The van der Waals surface area contributed by atoms with Crippen LogP contribution in [-0.2, 0) is 27.8 Å². The Morgan fingerprint density at radius 2 is 1.75 bits per heavy atom. The molecule has 16 heteroatoms. The fraction of sp³-hybridized carbons (Fsp3) is 0.800. The second kappa shape index (κ2) is 12.4. The van der Waals surface area contributed by atoms with Gasteiger partial charge in [-0.2, -0.15) is 0 Å². The van der Waals surface area contributed by atoms with Crippen molar-refractivity contribution < 1.29 is 53.1 Å². The molecule has 0 spiro atoms. The summed E-state index contributed by atoms with van der Waals surface area (Å²) >= 11 is 0. The van der Waals surface area contributed by atoms with E-state index in [1.54, 1.807) is 0 Å². The Kier molecular flexibility index (Phi) is 9.99. The molecule has 2 saturated heterocycles. The van der Waals surface area contributed by atoms with E-state index in [1.807, 2.05) is 6.92 Å². The van der Waals surface area contributed by atoms with Crippen LogP contribution in [0.25, 0.3) is 0 Å². The third kappa shape index (κ3) is 7.08. The summed E-state index contributed by atoms with van der Waals surface area (Å²) in [6.45, 7) is 2.38. The summed E-state index contributed by atoms with van der Waals surface area (Å²) in [4.78, 5) is 35.7. The van der Waals surface area contributed by atoms with E-state index in [2.05, 4.69) is 4.98 Å². The van der Waals surface area contributed by atoms with Crippen molar-refractivity contribution in [3.05, 3.63) is 32.6 Å². The lowest BCUT2D eigenvalue weighted by molar-refractivity contribution is -0.300. The number of phosphoric ester groups is 1. The summed E-state index contributed by atoms with van der Waals surface area (Å²) in [6.07, 6.45) is -7.88. The van der Waals surface area contributed by atoms with Crippen molar-refractivity contribution in [1.29, 1.82) is 0 Å². The molecule has 1 aromatic rings. The SMILES string of the molecule is CCCCO[C@@H]1O[C@H](COP(=O)(O)OC[C@H]2O[C@@H](n3cc(C)c(=O)[nH]c3=O)C[C@@H]2O)[C@@H](O)[C@H](O)[C@H]1O. The Labute approximate surface area is 205 Å².